The first kappa shape index (κ1) is 32.2. The number of esters is 1. The highest BCUT2D eigenvalue weighted by molar-refractivity contribution is 7.99. The van der Waals surface area contributed by atoms with Crippen molar-refractivity contribution in [2.45, 2.75) is 50.0 Å². The summed E-state index contributed by atoms with van der Waals surface area (Å²) in [5, 5.41) is 2.80. The number of hydrogen-bond donors (Lipinski definition) is 1. The van der Waals surface area contributed by atoms with Gasteiger partial charge < -0.3 is 23.7 Å². The number of rotatable bonds is 13. The summed E-state index contributed by atoms with van der Waals surface area (Å²) in [5.41, 5.74) is 2.32. The largest absolute Gasteiger partial charge is 0.459 e. The first-order chi connectivity index (χ1) is 22.1. The lowest BCUT2D eigenvalue weighted by atomic mass is 9.99. The Hall–Kier alpha value is -4.15. The van der Waals surface area contributed by atoms with Crippen molar-refractivity contribution >= 4 is 29.5 Å². The van der Waals surface area contributed by atoms with Gasteiger partial charge in [-0.2, -0.15) is 0 Å². The summed E-state index contributed by atoms with van der Waals surface area (Å²) in [6.45, 7) is 2.41. The molecule has 0 spiro atoms. The van der Waals surface area contributed by atoms with Crippen molar-refractivity contribution in [1.29, 1.82) is 0 Å². The zero-order valence-corrected chi connectivity index (χ0v) is 25.8. The summed E-state index contributed by atoms with van der Waals surface area (Å²) >= 11 is 1.48. The highest BCUT2D eigenvalue weighted by Gasteiger charge is 2.50. The van der Waals surface area contributed by atoms with Crippen LogP contribution >= 0.6 is 11.8 Å². The molecule has 8 nitrogen and oxygen atoms in total. The maximum atomic E-state index is 13.2. The molecule has 0 bridgehead atoms. The average Bonchev–Trinajstić information content (AvgIpc) is 3.08. The molecule has 1 fully saturated rings. The number of hydrogen-bond acceptors (Lipinski definition) is 8. The third kappa shape index (κ3) is 9.42. The summed E-state index contributed by atoms with van der Waals surface area (Å²) < 4.78 is 31.5. The molecule has 4 aromatic rings. The van der Waals surface area contributed by atoms with E-state index in [0.717, 1.165) is 11.1 Å². The number of nitrogens with one attached hydrogen (secondary N) is 1. The second kappa shape index (κ2) is 16.8. The molecule has 1 aliphatic rings. The van der Waals surface area contributed by atoms with Crippen LogP contribution in [0.2, 0.25) is 0 Å². The van der Waals surface area contributed by atoms with E-state index >= 15 is 0 Å². The number of amides is 1. The van der Waals surface area contributed by atoms with E-state index in [-0.39, 0.29) is 19.8 Å². The van der Waals surface area contributed by atoms with Gasteiger partial charge in [-0.25, -0.2) is 9.59 Å². The van der Waals surface area contributed by atoms with Crippen LogP contribution in [0.15, 0.2) is 121 Å². The molecule has 0 aliphatic carbocycles. The Kier molecular flexibility index (Phi) is 12.0. The van der Waals surface area contributed by atoms with E-state index in [1.54, 1.807) is 36.4 Å². The van der Waals surface area contributed by atoms with Crippen LogP contribution in [0.1, 0.15) is 28.4 Å². The maximum absolute atomic E-state index is 13.2. The van der Waals surface area contributed by atoms with Crippen LogP contribution in [-0.4, -0.2) is 54.3 Å². The predicted molar refractivity (Wildman–Crippen MR) is 174 cm³/mol. The molecule has 1 saturated heterocycles. The molecule has 45 heavy (non-hydrogen) atoms. The van der Waals surface area contributed by atoms with Crippen molar-refractivity contribution in [2.75, 3.05) is 17.7 Å². The molecular formula is C36H37NO7S. The molecule has 1 aliphatic heterocycles. The van der Waals surface area contributed by atoms with Crippen LogP contribution in [0.5, 0.6) is 0 Å². The molecule has 9 heteroatoms. The average molecular weight is 628 g/mol. The number of ether oxygens (including phenoxy) is 5. The van der Waals surface area contributed by atoms with Gasteiger partial charge in [0.05, 0.1) is 18.8 Å². The summed E-state index contributed by atoms with van der Waals surface area (Å²) in [7, 11) is 0. The van der Waals surface area contributed by atoms with Crippen molar-refractivity contribution in [3.05, 3.63) is 138 Å². The van der Waals surface area contributed by atoms with Gasteiger partial charge in [-0.15, -0.1) is 11.8 Å². The Bertz CT molecular complexity index is 1460. The van der Waals surface area contributed by atoms with Gasteiger partial charge in [0.25, 0.3) is 0 Å². The van der Waals surface area contributed by atoms with E-state index in [4.69, 9.17) is 23.7 Å². The van der Waals surface area contributed by atoms with E-state index in [9.17, 15) is 9.59 Å². The monoisotopic (exact) mass is 627 g/mol. The lowest BCUT2D eigenvalue weighted by molar-refractivity contribution is -0.238. The predicted octanol–water partition coefficient (Wildman–Crippen LogP) is 7.11. The van der Waals surface area contributed by atoms with Gasteiger partial charge in [0.15, 0.2) is 6.10 Å². The quantitative estimate of drug-likeness (QED) is 0.157. The first-order valence-electron chi connectivity index (χ1n) is 14.9. The van der Waals surface area contributed by atoms with Gasteiger partial charge in [0.1, 0.15) is 30.4 Å². The zero-order chi connectivity index (χ0) is 31.3. The highest BCUT2D eigenvalue weighted by atomic mass is 32.2. The Morgan fingerprint density at radius 1 is 0.711 bits per heavy atom. The van der Waals surface area contributed by atoms with Crippen molar-refractivity contribution < 1.29 is 33.3 Å². The number of carbonyl (C=O) groups is 2. The Balaban J connectivity index is 1.43. The molecule has 0 aromatic heterocycles. The number of anilines is 1. The summed E-state index contributed by atoms with van der Waals surface area (Å²) in [6, 6.07) is 37.4. The van der Waals surface area contributed by atoms with Gasteiger partial charge in [-0.3, -0.25) is 5.32 Å². The van der Waals surface area contributed by atoms with Gasteiger partial charge in [-0.05, 0) is 41.1 Å². The second-order valence-corrected chi connectivity index (χ2v) is 11.7. The standard InChI is InChI=1S/C36H37NO7S/c1-2-45-35-33(44-36(39)37-29-21-13-6-14-22-29)32(41-24-27-17-9-4-10-18-27)31(40-23-26-15-7-3-8-16-26)30(43-35)25-42-34(38)28-19-11-5-12-20-28/h3-22,30-33,35H,2,23-25H2,1H3,(H,37,39)/t30-,31-,32+,33-,35+/m1/s1. The molecule has 234 valence electrons. The van der Waals surface area contributed by atoms with Gasteiger partial charge in [0.2, 0.25) is 0 Å². The van der Waals surface area contributed by atoms with Crippen LogP contribution in [0.3, 0.4) is 0 Å². The zero-order valence-electron chi connectivity index (χ0n) is 25.0. The normalized spacial score (nSPS) is 21.0. The SMILES string of the molecule is CCS[C@@H]1O[C@H](COC(=O)c2ccccc2)[C@@H](OCc2ccccc2)[C@H](OCc2ccccc2)[C@H]1OC(=O)Nc1ccccc1. The third-order valence-corrected chi connectivity index (χ3v) is 8.19. The number of para-hydroxylation sites is 1. The van der Waals surface area contributed by atoms with Crippen molar-refractivity contribution in [3.63, 3.8) is 0 Å². The van der Waals surface area contributed by atoms with Crippen LogP contribution in [0, 0.1) is 0 Å². The molecule has 0 radical (unpaired) electrons. The van der Waals surface area contributed by atoms with Crippen LogP contribution in [-0.2, 0) is 36.9 Å². The van der Waals surface area contributed by atoms with E-state index in [1.165, 1.54) is 11.8 Å². The second-order valence-electron chi connectivity index (χ2n) is 10.3. The minimum Gasteiger partial charge on any atom is -0.459 e. The van der Waals surface area contributed by atoms with Crippen molar-refractivity contribution in [1.82, 2.24) is 0 Å². The van der Waals surface area contributed by atoms with E-state index < -0.39 is 41.9 Å². The topological polar surface area (TPSA) is 92.3 Å². The maximum Gasteiger partial charge on any atom is 0.412 e. The van der Waals surface area contributed by atoms with E-state index in [1.807, 2.05) is 91.9 Å². The van der Waals surface area contributed by atoms with Gasteiger partial charge in [-0.1, -0.05) is 104 Å². The molecule has 1 amide bonds. The van der Waals surface area contributed by atoms with E-state index in [2.05, 4.69) is 5.32 Å². The summed E-state index contributed by atoms with van der Waals surface area (Å²) in [6.07, 6.45) is -3.69. The minimum absolute atomic E-state index is 0.0813. The Labute approximate surface area is 268 Å². The van der Waals surface area contributed by atoms with Gasteiger partial charge >= 0.3 is 12.1 Å². The third-order valence-electron chi connectivity index (χ3n) is 7.14. The molecule has 4 aromatic carbocycles. The fourth-order valence-electron chi connectivity index (χ4n) is 4.97. The number of thioether (sulfide) groups is 1. The minimum atomic E-state index is -0.843. The van der Waals surface area contributed by atoms with Crippen LogP contribution in [0.25, 0.3) is 0 Å². The molecule has 5 atom stereocenters. The van der Waals surface area contributed by atoms with Crippen LogP contribution in [0.4, 0.5) is 10.5 Å². The number of benzene rings is 4. The number of carbonyl (C=O) groups excluding carboxylic acids is 2. The molecule has 0 saturated carbocycles. The molecule has 0 unspecified atom stereocenters. The fourth-order valence-corrected chi connectivity index (χ4v) is 5.92. The van der Waals surface area contributed by atoms with Crippen LogP contribution < -0.4 is 5.32 Å². The highest BCUT2D eigenvalue weighted by Crippen LogP contribution is 2.35. The fraction of sp³-hybridized carbons (Fsp3) is 0.278. The molecule has 1 heterocycles. The summed E-state index contributed by atoms with van der Waals surface area (Å²) in [5.74, 6) is 0.213. The van der Waals surface area contributed by atoms with E-state index in [0.29, 0.717) is 17.0 Å². The first-order valence-corrected chi connectivity index (χ1v) is 16.0. The lowest BCUT2D eigenvalue weighted by Gasteiger charge is -2.45. The molecular weight excluding hydrogens is 590 g/mol. The smallest absolute Gasteiger partial charge is 0.412 e. The van der Waals surface area contributed by atoms with Crippen molar-refractivity contribution in [3.8, 4) is 0 Å². The Morgan fingerprint density at radius 3 is 1.82 bits per heavy atom. The summed E-state index contributed by atoms with van der Waals surface area (Å²) in [4.78, 5) is 26.1. The molecule has 1 N–H and O–H groups in total. The lowest BCUT2D eigenvalue weighted by Crippen LogP contribution is -2.61. The Morgan fingerprint density at radius 2 is 1.24 bits per heavy atom. The van der Waals surface area contributed by atoms with Crippen molar-refractivity contribution in [2.24, 2.45) is 0 Å². The molecule has 5 rings (SSSR count). The van der Waals surface area contributed by atoms with Gasteiger partial charge in [0, 0.05) is 5.69 Å².